The molecule has 0 aliphatic carbocycles. The number of hydrogen-bond donors (Lipinski definition) is 2. The first-order valence-corrected chi connectivity index (χ1v) is 7.91. The van der Waals surface area contributed by atoms with Gasteiger partial charge >= 0.3 is 0 Å². The van der Waals surface area contributed by atoms with Crippen LogP contribution in [0, 0.1) is 11.6 Å². The van der Waals surface area contributed by atoms with E-state index < -0.39 is 17.5 Å². The van der Waals surface area contributed by atoms with Gasteiger partial charge < -0.3 is 5.32 Å². The molecule has 2 aromatic rings. The van der Waals surface area contributed by atoms with Gasteiger partial charge in [0.05, 0.1) is 18.5 Å². The summed E-state index contributed by atoms with van der Waals surface area (Å²) in [7, 11) is 0. The second-order valence-electron chi connectivity index (χ2n) is 4.99. The number of nitrogens with one attached hydrogen (secondary N) is 2. The van der Waals surface area contributed by atoms with Gasteiger partial charge in [0, 0.05) is 16.7 Å². The van der Waals surface area contributed by atoms with Crippen molar-refractivity contribution in [2.24, 2.45) is 5.10 Å². The van der Waals surface area contributed by atoms with Crippen molar-refractivity contribution in [3.63, 3.8) is 0 Å². The zero-order valence-corrected chi connectivity index (χ0v) is 13.6. The molecule has 0 saturated carbocycles. The van der Waals surface area contributed by atoms with Crippen LogP contribution in [0.3, 0.4) is 0 Å². The number of carbonyl (C=O) groups excluding carboxylic acids is 2. The minimum Gasteiger partial charge on any atom is -0.323 e. The van der Waals surface area contributed by atoms with Crippen LogP contribution in [-0.4, -0.2) is 17.5 Å². The number of hydrogen-bond acceptors (Lipinski definition) is 4. The van der Waals surface area contributed by atoms with Crippen molar-refractivity contribution < 1.29 is 18.4 Å². The average Bonchev–Trinajstić information content (AvgIpc) is 3.01. The van der Waals surface area contributed by atoms with E-state index in [4.69, 9.17) is 0 Å². The topological polar surface area (TPSA) is 70.6 Å². The SMILES string of the molecule is C/C(CC(=O)Nc1ccc(F)cc1F)=N\NC(=O)Cc1cccs1. The van der Waals surface area contributed by atoms with E-state index in [0.29, 0.717) is 11.8 Å². The number of amides is 2. The molecule has 0 unspecified atom stereocenters. The van der Waals surface area contributed by atoms with Crippen molar-refractivity contribution >= 4 is 34.6 Å². The van der Waals surface area contributed by atoms with Crippen LogP contribution in [0.2, 0.25) is 0 Å². The third-order valence-corrected chi connectivity index (χ3v) is 3.78. The van der Waals surface area contributed by atoms with Crippen molar-refractivity contribution in [1.29, 1.82) is 0 Å². The van der Waals surface area contributed by atoms with Crippen molar-refractivity contribution in [3.8, 4) is 0 Å². The zero-order chi connectivity index (χ0) is 17.5. The van der Waals surface area contributed by atoms with Crippen LogP contribution >= 0.6 is 11.3 Å². The number of thiophene rings is 1. The van der Waals surface area contributed by atoms with E-state index in [1.165, 1.54) is 11.3 Å². The average molecular weight is 351 g/mol. The Morgan fingerprint density at radius 1 is 1.21 bits per heavy atom. The lowest BCUT2D eigenvalue weighted by atomic mass is 10.2. The fraction of sp³-hybridized carbons (Fsp3) is 0.188. The molecule has 1 aromatic heterocycles. The summed E-state index contributed by atoms with van der Waals surface area (Å²) in [6.07, 6.45) is 0.0809. The quantitative estimate of drug-likeness (QED) is 0.620. The summed E-state index contributed by atoms with van der Waals surface area (Å²) in [6.45, 7) is 1.56. The van der Waals surface area contributed by atoms with Gasteiger partial charge in [-0.2, -0.15) is 5.10 Å². The Hall–Kier alpha value is -2.61. The number of halogens is 2. The molecular weight excluding hydrogens is 336 g/mol. The molecule has 0 aliphatic rings. The van der Waals surface area contributed by atoms with Gasteiger partial charge in [0.25, 0.3) is 0 Å². The van der Waals surface area contributed by atoms with E-state index in [0.717, 1.165) is 17.0 Å². The monoisotopic (exact) mass is 351 g/mol. The summed E-state index contributed by atoms with van der Waals surface area (Å²) in [5.74, 6) is -2.39. The molecule has 8 heteroatoms. The molecule has 5 nitrogen and oxygen atoms in total. The van der Waals surface area contributed by atoms with E-state index in [9.17, 15) is 18.4 Å². The number of benzene rings is 1. The van der Waals surface area contributed by atoms with E-state index in [-0.39, 0.29) is 24.4 Å². The molecule has 0 atom stereocenters. The Labute approximate surface area is 141 Å². The van der Waals surface area contributed by atoms with Gasteiger partial charge in [-0.1, -0.05) is 6.07 Å². The van der Waals surface area contributed by atoms with Gasteiger partial charge in [0.15, 0.2) is 0 Å². The van der Waals surface area contributed by atoms with Gasteiger partial charge in [0.1, 0.15) is 11.6 Å². The summed E-state index contributed by atoms with van der Waals surface area (Å²) in [5, 5.41) is 8.02. The Bertz CT molecular complexity index is 761. The second-order valence-corrected chi connectivity index (χ2v) is 6.02. The van der Waals surface area contributed by atoms with Crippen LogP contribution in [0.4, 0.5) is 14.5 Å². The molecule has 0 fully saturated rings. The largest absolute Gasteiger partial charge is 0.323 e. The highest BCUT2D eigenvalue weighted by Gasteiger charge is 2.10. The normalized spacial score (nSPS) is 11.2. The maximum Gasteiger partial charge on any atom is 0.245 e. The van der Waals surface area contributed by atoms with Crippen molar-refractivity contribution in [2.75, 3.05) is 5.32 Å². The highest BCUT2D eigenvalue weighted by Crippen LogP contribution is 2.15. The minimum absolute atomic E-state index is 0.115. The third kappa shape index (κ3) is 5.54. The van der Waals surface area contributed by atoms with E-state index in [1.54, 1.807) is 6.92 Å². The highest BCUT2D eigenvalue weighted by atomic mass is 32.1. The molecule has 2 rings (SSSR count). The van der Waals surface area contributed by atoms with Gasteiger partial charge in [-0.3, -0.25) is 9.59 Å². The lowest BCUT2D eigenvalue weighted by molar-refractivity contribution is -0.120. The summed E-state index contributed by atoms with van der Waals surface area (Å²) in [6, 6.07) is 6.55. The lowest BCUT2D eigenvalue weighted by Gasteiger charge is -2.06. The fourth-order valence-electron chi connectivity index (χ4n) is 1.83. The molecule has 0 aliphatic heterocycles. The van der Waals surface area contributed by atoms with Crippen LogP contribution in [0.5, 0.6) is 0 Å². The summed E-state index contributed by atoms with van der Waals surface area (Å²) >= 11 is 1.46. The van der Waals surface area contributed by atoms with Gasteiger partial charge in [0.2, 0.25) is 11.8 Å². The fourth-order valence-corrected chi connectivity index (χ4v) is 2.53. The van der Waals surface area contributed by atoms with Gasteiger partial charge in [-0.25, -0.2) is 14.2 Å². The number of nitrogens with zero attached hydrogens (tertiary/aromatic N) is 1. The molecule has 24 heavy (non-hydrogen) atoms. The highest BCUT2D eigenvalue weighted by molar-refractivity contribution is 7.10. The number of hydrazone groups is 1. The maximum atomic E-state index is 13.4. The van der Waals surface area contributed by atoms with E-state index in [2.05, 4.69) is 15.8 Å². The molecule has 2 amide bonds. The number of rotatable bonds is 6. The Kier molecular flexibility index (Phi) is 6.14. The summed E-state index contributed by atoms with van der Waals surface area (Å²) in [5.41, 5.74) is 2.60. The number of carbonyl (C=O) groups is 2. The van der Waals surface area contributed by atoms with Crippen LogP contribution in [0.15, 0.2) is 40.8 Å². The van der Waals surface area contributed by atoms with Crippen LogP contribution < -0.4 is 10.7 Å². The molecule has 1 heterocycles. The third-order valence-electron chi connectivity index (χ3n) is 2.91. The molecule has 1 aromatic carbocycles. The second kappa shape index (κ2) is 8.30. The zero-order valence-electron chi connectivity index (χ0n) is 12.8. The van der Waals surface area contributed by atoms with Crippen molar-refractivity contribution in [2.45, 2.75) is 19.8 Å². The predicted molar refractivity (Wildman–Crippen MR) is 88.9 cm³/mol. The van der Waals surface area contributed by atoms with Gasteiger partial charge in [-0.05, 0) is 30.5 Å². The van der Waals surface area contributed by atoms with Gasteiger partial charge in [-0.15, -0.1) is 11.3 Å². The van der Waals surface area contributed by atoms with Crippen LogP contribution in [0.25, 0.3) is 0 Å². The molecule has 0 spiro atoms. The van der Waals surface area contributed by atoms with Crippen LogP contribution in [-0.2, 0) is 16.0 Å². The molecule has 0 bridgehead atoms. The van der Waals surface area contributed by atoms with Crippen molar-refractivity contribution in [1.82, 2.24) is 5.43 Å². The first-order chi connectivity index (χ1) is 11.4. The van der Waals surface area contributed by atoms with E-state index in [1.807, 2.05) is 17.5 Å². The molecular formula is C16H15F2N3O2S. The van der Waals surface area contributed by atoms with E-state index >= 15 is 0 Å². The van der Waals surface area contributed by atoms with Crippen LogP contribution in [0.1, 0.15) is 18.2 Å². The molecule has 2 N–H and O–H groups in total. The lowest BCUT2D eigenvalue weighted by Crippen LogP contribution is -2.22. The first kappa shape index (κ1) is 17.7. The summed E-state index contributed by atoms with van der Waals surface area (Å²) in [4.78, 5) is 24.4. The Morgan fingerprint density at radius 3 is 2.67 bits per heavy atom. The molecule has 126 valence electrons. The molecule has 0 radical (unpaired) electrons. The maximum absolute atomic E-state index is 13.4. The first-order valence-electron chi connectivity index (χ1n) is 7.03. The van der Waals surface area contributed by atoms with Crippen molar-refractivity contribution in [3.05, 3.63) is 52.2 Å². The smallest absolute Gasteiger partial charge is 0.245 e. The molecule has 0 saturated heterocycles. The Balaban J connectivity index is 1.83. The standard InChI is InChI=1S/C16H15F2N3O2S/c1-10(20-21-16(23)9-12-3-2-6-24-12)7-15(22)19-14-5-4-11(17)8-13(14)18/h2-6,8H,7,9H2,1H3,(H,19,22)(H,21,23)/b20-10+. The summed E-state index contributed by atoms with van der Waals surface area (Å²) < 4.78 is 26.2. The minimum atomic E-state index is -0.859. The number of anilines is 1. The Morgan fingerprint density at radius 2 is 2.00 bits per heavy atom. The predicted octanol–water partition coefficient (Wildman–Crippen LogP) is 3.09.